The molecule has 1 rings (SSSR count). The van der Waals surface area contributed by atoms with Gasteiger partial charge in [0.1, 0.15) is 0 Å². The van der Waals surface area contributed by atoms with Gasteiger partial charge in [0.25, 0.3) is 0 Å². The Balaban J connectivity index is 2.40. The number of nitrogens with one attached hydrogen (secondary N) is 1. The van der Waals surface area contributed by atoms with Gasteiger partial charge in [0, 0.05) is 18.4 Å². The molecule has 1 amide bonds. The third kappa shape index (κ3) is 4.88. The zero-order valence-corrected chi connectivity index (χ0v) is 11.4. The summed E-state index contributed by atoms with van der Waals surface area (Å²) in [5.74, 6) is 0.118. The molecule has 100 valence electrons. The lowest BCUT2D eigenvalue weighted by Gasteiger charge is -2.25. The van der Waals surface area contributed by atoms with Crippen molar-refractivity contribution in [2.75, 3.05) is 13.1 Å². The standard InChI is InChI=1S/C15H24N2O/c1-15(2,13-8-4-3-5-9-13)12-17-14(18)10-6-7-11-16/h3-5,8-9H,6-7,10-12,16H2,1-2H3,(H,17,18). The smallest absolute Gasteiger partial charge is 0.220 e. The minimum atomic E-state index is -0.0369. The third-order valence-corrected chi connectivity index (χ3v) is 3.14. The summed E-state index contributed by atoms with van der Waals surface area (Å²) in [6, 6.07) is 10.3. The Bertz CT molecular complexity index is 360. The molecule has 0 atom stereocenters. The van der Waals surface area contributed by atoms with Crippen LogP contribution in [0.15, 0.2) is 30.3 Å². The number of amides is 1. The van der Waals surface area contributed by atoms with E-state index in [-0.39, 0.29) is 11.3 Å². The van der Waals surface area contributed by atoms with Crippen LogP contribution < -0.4 is 11.1 Å². The summed E-state index contributed by atoms with van der Waals surface area (Å²) < 4.78 is 0. The normalized spacial score (nSPS) is 11.3. The van der Waals surface area contributed by atoms with Crippen LogP contribution in [0.2, 0.25) is 0 Å². The van der Waals surface area contributed by atoms with E-state index in [0.717, 1.165) is 12.8 Å². The van der Waals surface area contributed by atoms with E-state index in [4.69, 9.17) is 5.73 Å². The summed E-state index contributed by atoms with van der Waals surface area (Å²) in [6.45, 7) is 5.60. The molecule has 0 saturated heterocycles. The number of carbonyl (C=O) groups excluding carboxylic acids is 1. The van der Waals surface area contributed by atoms with E-state index in [1.807, 2.05) is 18.2 Å². The molecule has 3 nitrogen and oxygen atoms in total. The summed E-state index contributed by atoms with van der Waals surface area (Å²) in [5, 5.41) is 3.00. The largest absolute Gasteiger partial charge is 0.355 e. The highest BCUT2D eigenvalue weighted by Crippen LogP contribution is 2.21. The second-order valence-corrected chi connectivity index (χ2v) is 5.27. The lowest BCUT2D eigenvalue weighted by atomic mass is 9.84. The Hall–Kier alpha value is -1.35. The molecule has 0 unspecified atom stereocenters. The van der Waals surface area contributed by atoms with E-state index in [9.17, 15) is 4.79 Å². The zero-order chi connectivity index (χ0) is 13.4. The van der Waals surface area contributed by atoms with Gasteiger partial charge >= 0.3 is 0 Å². The topological polar surface area (TPSA) is 55.1 Å². The molecule has 0 aliphatic heterocycles. The minimum absolute atomic E-state index is 0.0369. The van der Waals surface area contributed by atoms with Crippen LogP contribution >= 0.6 is 0 Å². The monoisotopic (exact) mass is 248 g/mol. The van der Waals surface area contributed by atoms with Crippen LogP contribution in [0, 0.1) is 0 Å². The number of nitrogens with two attached hydrogens (primary N) is 1. The first kappa shape index (κ1) is 14.7. The Morgan fingerprint density at radius 3 is 2.50 bits per heavy atom. The molecular formula is C15H24N2O. The van der Waals surface area contributed by atoms with Crippen molar-refractivity contribution < 1.29 is 4.79 Å². The maximum atomic E-state index is 11.6. The van der Waals surface area contributed by atoms with Crippen LogP contribution in [0.1, 0.15) is 38.7 Å². The van der Waals surface area contributed by atoms with Gasteiger partial charge in [-0.25, -0.2) is 0 Å². The number of hydrogen-bond donors (Lipinski definition) is 2. The fourth-order valence-corrected chi connectivity index (χ4v) is 1.83. The fourth-order valence-electron chi connectivity index (χ4n) is 1.83. The van der Waals surface area contributed by atoms with Gasteiger partial charge < -0.3 is 11.1 Å². The molecule has 1 aromatic carbocycles. The molecule has 0 aromatic heterocycles. The van der Waals surface area contributed by atoms with Gasteiger partial charge in [-0.2, -0.15) is 0 Å². The molecule has 3 N–H and O–H groups in total. The summed E-state index contributed by atoms with van der Waals surface area (Å²) in [6.07, 6.45) is 2.35. The Morgan fingerprint density at radius 2 is 1.89 bits per heavy atom. The van der Waals surface area contributed by atoms with Crippen molar-refractivity contribution in [2.45, 2.75) is 38.5 Å². The van der Waals surface area contributed by atoms with Crippen LogP contribution in [0.25, 0.3) is 0 Å². The van der Waals surface area contributed by atoms with E-state index in [2.05, 4.69) is 31.3 Å². The van der Waals surface area contributed by atoms with Crippen molar-refractivity contribution in [1.29, 1.82) is 0 Å². The number of unbranched alkanes of at least 4 members (excludes halogenated alkanes) is 1. The second-order valence-electron chi connectivity index (χ2n) is 5.27. The average molecular weight is 248 g/mol. The van der Waals surface area contributed by atoms with Crippen molar-refractivity contribution >= 4 is 5.91 Å². The summed E-state index contributed by atoms with van der Waals surface area (Å²) in [4.78, 5) is 11.6. The van der Waals surface area contributed by atoms with Crippen LogP contribution in [0.5, 0.6) is 0 Å². The highest BCUT2D eigenvalue weighted by molar-refractivity contribution is 5.75. The van der Waals surface area contributed by atoms with E-state index in [0.29, 0.717) is 19.5 Å². The predicted molar refractivity (Wildman–Crippen MR) is 75.4 cm³/mol. The van der Waals surface area contributed by atoms with Crippen LogP contribution in [-0.4, -0.2) is 19.0 Å². The van der Waals surface area contributed by atoms with E-state index >= 15 is 0 Å². The molecule has 3 heteroatoms. The number of carbonyl (C=O) groups is 1. The lowest BCUT2D eigenvalue weighted by molar-refractivity contribution is -0.121. The number of hydrogen-bond acceptors (Lipinski definition) is 2. The lowest BCUT2D eigenvalue weighted by Crippen LogP contribution is -2.36. The van der Waals surface area contributed by atoms with Crippen LogP contribution in [0.4, 0.5) is 0 Å². The first-order valence-corrected chi connectivity index (χ1v) is 6.58. The van der Waals surface area contributed by atoms with Gasteiger partial charge in [0.15, 0.2) is 0 Å². The quantitative estimate of drug-likeness (QED) is 0.727. The van der Waals surface area contributed by atoms with Gasteiger partial charge in [0.05, 0.1) is 0 Å². The van der Waals surface area contributed by atoms with Gasteiger partial charge in [-0.1, -0.05) is 44.2 Å². The first-order valence-electron chi connectivity index (χ1n) is 6.58. The van der Waals surface area contributed by atoms with Gasteiger partial charge in [-0.15, -0.1) is 0 Å². The molecule has 0 spiro atoms. The summed E-state index contributed by atoms with van der Waals surface area (Å²) in [5.41, 5.74) is 6.61. The van der Waals surface area contributed by atoms with E-state index in [1.165, 1.54) is 5.56 Å². The molecule has 0 fully saturated rings. The maximum absolute atomic E-state index is 11.6. The number of rotatable bonds is 7. The van der Waals surface area contributed by atoms with Crippen molar-refractivity contribution in [1.82, 2.24) is 5.32 Å². The van der Waals surface area contributed by atoms with E-state index in [1.54, 1.807) is 0 Å². The summed E-state index contributed by atoms with van der Waals surface area (Å²) in [7, 11) is 0. The van der Waals surface area contributed by atoms with Crippen molar-refractivity contribution in [2.24, 2.45) is 5.73 Å². The highest BCUT2D eigenvalue weighted by Gasteiger charge is 2.20. The highest BCUT2D eigenvalue weighted by atomic mass is 16.1. The number of benzene rings is 1. The first-order chi connectivity index (χ1) is 8.56. The molecule has 18 heavy (non-hydrogen) atoms. The molecule has 0 heterocycles. The van der Waals surface area contributed by atoms with Crippen molar-refractivity contribution in [3.05, 3.63) is 35.9 Å². The Kier molecular flexibility index (Phi) is 5.86. The molecule has 0 aliphatic carbocycles. The Morgan fingerprint density at radius 1 is 1.22 bits per heavy atom. The zero-order valence-electron chi connectivity index (χ0n) is 11.4. The SMILES string of the molecule is CC(C)(CNC(=O)CCCCN)c1ccccc1. The van der Waals surface area contributed by atoms with Gasteiger partial charge in [-0.3, -0.25) is 4.79 Å². The van der Waals surface area contributed by atoms with Crippen molar-refractivity contribution in [3.63, 3.8) is 0 Å². The molecular weight excluding hydrogens is 224 g/mol. The van der Waals surface area contributed by atoms with E-state index < -0.39 is 0 Å². The van der Waals surface area contributed by atoms with Gasteiger partial charge in [-0.05, 0) is 24.9 Å². The predicted octanol–water partition coefficient (Wildman–Crippen LogP) is 2.21. The fraction of sp³-hybridized carbons (Fsp3) is 0.533. The molecule has 0 bridgehead atoms. The van der Waals surface area contributed by atoms with Crippen molar-refractivity contribution in [3.8, 4) is 0 Å². The summed E-state index contributed by atoms with van der Waals surface area (Å²) >= 11 is 0. The van der Waals surface area contributed by atoms with Crippen LogP contribution in [0.3, 0.4) is 0 Å². The van der Waals surface area contributed by atoms with Crippen LogP contribution in [-0.2, 0) is 10.2 Å². The second kappa shape index (κ2) is 7.17. The molecule has 0 aliphatic rings. The molecule has 0 saturated carbocycles. The minimum Gasteiger partial charge on any atom is -0.355 e. The maximum Gasteiger partial charge on any atom is 0.220 e. The average Bonchev–Trinajstić information content (AvgIpc) is 2.38. The Labute approximate surface area is 110 Å². The van der Waals surface area contributed by atoms with Gasteiger partial charge in [0.2, 0.25) is 5.91 Å². The molecule has 0 radical (unpaired) electrons. The molecule has 1 aromatic rings. The third-order valence-electron chi connectivity index (χ3n) is 3.14.